The first-order valence-electron chi connectivity index (χ1n) is 8.14. The van der Waals surface area contributed by atoms with Gasteiger partial charge in [-0.2, -0.15) is 0 Å². The minimum absolute atomic E-state index is 0.00636. The number of carbonyl (C=O) groups excluding carboxylic acids is 1. The highest BCUT2D eigenvalue weighted by Gasteiger charge is 2.37. The van der Waals surface area contributed by atoms with Crippen LogP contribution in [0.25, 0.3) is 0 Å². The Labute approximate surface area is 143 Å². The molecular weight excluding hydrogens is 312 g/mol. The molecule has 1 amide bonds. The van der Waals surface area contributed by atoms with Crippen LogP contribution in [0.3, 0.4) is 0 Å². The third-order valence-electron chi connectivity index (χ3n) is 3.82. The van der Waals surface area contributed by atoms with Crippen LogP contribution in [0.15, 0.2) is 12.1 Å². The van der Waals surface area contributed by atoms with E-state index in [-0.39, 0.29) is 18.2 Å². The number of nitrogens with one attached hydrogen (secondary N) is 1. The predicted octanol–water partition coefficient (Wildman–Crippen LogP) is 3.03. The smallest absolute Gasteiger partial charge is 0.410 e. The van der Waals surface area contributed by atoms with Gasteiger partial charge in [-0.1, -0.05) is 6.92 Å². The van der Waals surface area contributed by atoms with Crippen molar-refractivity contribution in [3.63, 3.8) is 0 Å². The molecule has 0 radical (unpaired) electrons. The summed E-state index contributed by atoms with van der Waals surface area (Å²) in [7, 11) is 1.69. The van der Waals surface area contributed by atoms with Crippen molar-refractivity contribution in [2.24, 2.45) is 0 Å². The van der Waals surface area contributed by atoms with E-state index in [9.17, 15) is 4.79 Å². The minimum atomic E-state index is -0.474. The second kappa shape index (κ2) is 7.64. The van der Waals surface area contributed by atoms with E-state index in [2.05, 4.69) is 24.4 Å². The average molecular weight is 340 g/mol. The summed E-state index contributed by atoms with van der Waals surface area (Å²) in [5.74, 6) is 0. The van der Waals surface area contributed by atoms with Gasteiger partial charge in [0.15, 0.2) is 0 Å². The van der Waals surface area contributed by atoms with E-state index in [1.807, 2.05) is 32.1 Å². The maximum absolute atomic E-state index is 12.2. The zero-order valence-electron chi connectivity index (χ0n) is 14.7. The van der Waals surface area contributed by atoms with Crippen molar-refractivity contribution in [2.45, 2.75) is 58.4 Å². The normalized spacial score (nSPS) is 21.7. The number of aryl methyl sites for hydroxylation is 1. The van der Waals surface area contributed by atoms with Gasteiger partial charge >= 0.3 is 6.09 Å². The Hall–Kier alpha value is -1.11. The minimum Gasteiger partial charge on any atom is -0.444 e. The summed E-state index contributed by atoms with van der Waals surface area (Å²) in [6.07, 6.45) is 0.794. The lowest BCUT2D eigenvalue weighted by Crippen LogP contribution is -2.40. The number of hydrogen-bond acceptors (Lipinski definition) is 5. The number of thiophene rings is 1. The zero-order valence-corrected chi connectivity index (χ0v) is 15.5. The molecule has 1 aromatic rings. The molecule has 1 aromatic heterocycles. The van der Waals surface area contributed by atoms with E-state index in [1.54, 1.807) is 12.0 Å². The van der Waals surface area contributed by atoms with Crippen LogP contribution in [0.4, 0.5) is 4.79 Å². The number of methoxy groups -OCH3 is 1. The molecule has 1 N–H and O–H groups in total. The Bertz CT molecular complexity index is 524. The van der Waals surface area contributed by atoms with Gasteiger partial charge in [-0.05, 0) is 39.3 Å². The standard InChI is InChI=1S/C17H28N2O3S/c1-6-12-7-8-13(23-12)9-18-14-10-19(11-15(14)21-5)16(20)22-17(2,3)4/h7-8,14-15,18H,6,9-11H2,1-5H3/t14?,15-/m0/s1. The summed E-state index contributed by atoms with van der Waals surface area (Å²) in [5, 5.41) is 3.52. The molecule has 1 aliphatic rings. The summed E-state index contributed by atoms with van der Waals surface area (Å²) in [5.41, 5.74) is -0.474. The number of rotatable bonds is 5. The highest BCUT2D eigenvalue weighted by atomic mass is 32.1. The van der Waals surface area contributed by atoms with Crippen LogP contribution < -0.4 is 5.32 Å². The number of amides is 1. The summed E-state index contributed by atoms with van der Waals surface area (Å²) in [6, 6.07) is 4.47. The second-order valence-corrected chi connectivity index (χ2v) is 8.12. The van der Waals surface area contributed by atoms with Crippen LogP contribution in [0.5, 0.6) is 0 Å². The molecule has 0 aromatic carbocycles. The van der Waals surface area contributed by atoms with Crippen LogP contribution in [0.1, 0.15) is 37.4 Å². The quantitative estimate of drug-likeness (QED) is 0.895. The molecule has 1 unspecified atom stereocenters. The number of likely N-dealkylation sites (tertiary alicyclic amines) is 1. The molecule has 23 heavy (non-hydrogen) atoms. The van der Waals surface area contributed by atoms with Gasteiger partial charge in [0.25, 0.3) is 0 Å². The lowest BCUT2D eigenvalue weighted by Gasteiger charge is -2.24. The first kappa shape index (κ1) is 18.2. The molecule has 2 atom stereocenters. The lowest BCUT2D eigenvalue weighted by atomic mass is 10.2. The average Bonchev–Trinajstić information content (AvgIpc) is 3.09. The van der Waals surface area contributed by atoms with Crippen molar-refractivity contribution >= 4 is 17.4 Å². The molecule has 0 spiro atoms. The van der Waals surface area contributed by atoms with Crippen LogP contribution in [-0.4, -0.2) is 48.9 Å². The Morgan fingerprint density at radius 2 is 2.04 bits per heavy atom. The van der Waals surface area contributed by atoms with Crippen molar-refractivity contribution in [2.75, 3.05) is 20.2 Å². The van der Waals surface area contributed by atoms with Crippen LogP contribution in [0, 0.1) is 0 Å². The summed E-state index contributed by atoms with van der Waals surface area (Å²) in [4.78, 5) is 16.6. The number of nitrogens with zero attached hydrogens (tertiary/aromatic N) is 1. The van der Waals surface area contributed by atoms with E-state index in [0.717, 1.165) is 13.0 Å². The van der Waals surface area contributed by atoms with Crippen molar-refractivity contribution in [3.8, 4) is 0 Å². The Kier molecular flexibility index (Phi) is 6.06. The SMILES string of the molecule is CCc1ccc(CNC2CN(C(=O)OC(C)(C)C)C[C@@H]2OC)s1. The highest BCUT2D eigenvalue weighted by Crippen LogP contribution is 2.20. The molecule has 1 aliphatic heterocycles. The lowest BCUT2D eigenvalue weighted by molar-refractivity contribution is 0.0252. The van der Waals surface area contributed by atoms with E-state index >= 15 is 0 Å². The van der Waals surface area contributed by atoms with Gasteiger partial charge in [-0.3, -0.25) is 0 Å². The number of carbonyl (C=O) groups is 1. The van der Waals surface area contributed by atoms with Crippen molar-refractivity contribution in [1.29, 1.82) is 0 Å². The zero-order chi connectivity index (χ0) is 17.0. The fourth-order valence-corrected chi connectivity index (χ4v) is 3.53. The van der Waals surface area contributed by atoms with Crippen molar-refractivity contribution < 1.29 is 14.3 Å². The van der Waals surface area contributed by atoms with E-state index in [0.29, 0.717) is 13.1 Å². The summed E-state index contributed by atoms with van der Waals surface area (Å²) >= 11 is 1.83. The fraction of sp³-hybridized carbons (Fsp3) is 0.706. The highest BCUT2D eigenvalue weighted by molar-refractivity contribution is 7.11. The Morgan fingerprint density at radius 3 is 2.61 bits per heavy atom. The molecule has 6 heteroatoms. The van der Waals surface area contributed by atoms with Crippen LogP contribution in [-0.2, 0) is 22.4 Å². The van der Waals surface area contributed by atoms with E-state index in [4.69, 9.17) is 9.47 Å². The Balaban J connectivity index is 1.89. The summed E-state index contributed by atoms with van der Waals surface area (Å²) < 4.78 is 11.0. The molecule has 0 bridgehead atoms. The van der Waals surface area contributed by atoms with Gasteiger partial charge in [-0.25, -0.2) is 4.79 Å². The number of ether oxygens (including phenoxy) is 2. The molecule has 1 saturated heterocycles. The molecule has 2 rings (SSSR count). The molecule has 5 nitrogen and oxygen atoms in total. The molecule has 2 heterocycles. The first-order valence-corrected chi connectivity index (χ1v) is 8.95. The maximum atomic E-state index is 12.2. The van der Waals surface area contributed by atoms with Gasteiger partial charge in [-0.15, -0.1) is 11.3 Å². The number of hydrogen-bond donors (Lipinski definition) is 1. The fourth-order valence-electron chi connectivity index (χ4n) is 2.62. The van der Waals surface area contributed by atoms with Gasteiger partial charge in [0.2, 0.25) is 0 Å². The van der Waals surface area contributed by atoms with Crippen LogP contribution in [0.2, 0.25) is 0 Å². The molecular formula is C17H28N2O3S. The van der Waals surface area contributed by atoms with Crippen molar-refractivity contribution in [1.82, 2.24) is 10.2 Å². The summed E-state index contributed by atoms with van der Waals surface area (Å²) in [6.45, 7) is 9.79. The van der Waals surface area contributed by atoms with Crippen LogP contribution >= 0.6 is 11.3 Å². The second-order valence-electron chi connectivity index (χ2n) is 6.87. The first-order chi connectivity index (χ1) is 10.8. The maximum Gasteiger partial charge on any atom is 0.410 e. The van der Waals surface area contributed by atoms with Gasteiger partial charge in [0.1, 0.15) is 5.60 Å². The van der Waals surface area contributed by atoms with E-state index in [1.165, 1.54) is 9.75 Å². The largest absolute Gasteiger partial charge is 0.444 e. The Morgan fingerprint density at radius 1 is 1.35 bits per heavy atom. The third kappa shape index (κ3) is 5.19. The topological polar surface area (TPSA) is 50.8 Å². The molecule has 0 aliphatic carbocycles. The monoisotopic (exact) mass is 340 g/mol. The molecule has 130 valence electrons. The predicted molar refractivity (Wildman–Crippen MR) is 92.9 cm³/mol. The van der Waals surface area contributed by atoms with Gasteiger partial charge in [0, 0.05) is 30.0 Å². The van der Waals surface area contributed by atoms with E-state index < -0.39 is 5.60 Å². The van der Waals surface area contributed by atoms with Gasteiger partial charge < -0.3 is 19.7 Å². The molecule has 0 saturated carbocycles. The van der Waals surface area contributed by atoms with Gasteiger partial charge in [0.05, 0.1) is 18.7 Å². The van der Waals surface area contributed by atoms with Crippen molar-refractivity contribution in [3.05, 3.63) is 21.9 Å². The third-order valence-corrected chi connectivity index (χ3v) is 5.05. The molecule has 1 fully saturated rings.